The Kier molecular flexibility index (Phi) is 3.36. The maximum atomic E-state index is 12.4. The summed E-state index contributed by atoms with van der Waals surface area (Å²) in [6.45, 7) is 4.95. The maximum Gasteiger partial charge on any atom is 0.256 e. The number of aryl methyl sites for hydroxylation is 1. The van der Waals surface area contributed by atoms with Gasteiger partial charge in [0.1, 0.15) is 0 Å². The molecule has 0 aliphatic carbocycles. The van der Waals surface area contributed by atoms with Crippen molar-refractivity contribution in [2.24, 2.45) is 0 Å². The van der Waals surface area contributed by atoms with Crippen LogP contribution in [-0.4, -0.2) is 23.4 Å². The lowest BCUT2D eigenvalue weighted by Gasteiger charge is -2.33. The van der Waals surface area contributed by atoms with Crippen molar-refractivity contribution in [2.75, 3.05) is 12.3 Å². The van der Waals surface area contributed by atoms with Gasteiger partial charge in [0, 0.05) is 18.3 Å². The first-order valence-corrected chi connectivity index (χ1v) is 6.26. The third-order valence-electron chi connectivity index (χ3n) is 3.50. The third kappa shape index (κ3) is 2.43. The summed E-state index contributed by atoms with van der Waals surface area (Å²) in [5.41, 5.74) is 8.25. The van der Waals surface area contributed by atoms with E-state index < -0.39 is 0 Å². The lowest BCUT2D eigenvalue weighted by Crippen LogP contribution is -2.42. The van der Waals surface area contributed by atoms with Gasteiger partial charge >= 0.3 is 0 Å². The number of piperidine rings is 1. The first-order chi connectivity index (χ1) is 8.09. The SMILES string of the molecule is Cc1ccc(C(=O)N2CCCCC2C)c(N)c1. The summed E-state index contributed by atoms with van der Waals surface area (Å²) in [6.07, 6.45) is 3.41. The number of hydrogen-bond donors (Lipinski definition) is 1. The Hall–Kier alpha value is -1.51. The van der Waals surface area contributed by atoms with Crippen molar-refractivity contribution in [3.63, 3.8) is 0 Å². The van der Waals surface area contributed by atoms with Crippen LogP contribution in [0.15, 0.2) is 18.2 Å². The number of nitrogens with zero attached hydrogens (tertiary/aromatic N) is 1. The molecule has 0 saturated carbocycles. The number of carbonyl (C=O) groups excluding carboxylic acids is 1. The monoisotopic (exact) mass is 232 g/mol. The molecule has 3 heteroatoms. The highest BCUT2D eigenvalue weighted by molar-refractivity contribution is 5.99. The number of likely N-dealkylation sites (tertiary alicyclic amines) is 1. The number of amides is 1. The molecule has 1 fully saturated rings. The Morgan fingerprint density at radius 2 is 2.18 bits per heavy atom. The summed E-state index contributed by atoms with van der Waals surface area (Å²) in [5, 5.41) is 0. The van der Waals surface area contributed by atoms with Crippen LogP contribution in [0, 0.1) is 6.92 Å². The van der Waals surface area contributed by atoms with Gasteiger partial charge in [-0.3, -0.25) is 4.79 Å². The molecule has 17 heavy (non-hydrogen) atoms. The summed E-state index contributed by atoms with van der Waals surface area (Å²) < 4.78 is 0. The van der Waals surface area contributed by atoms with Gasteiger partial charge in [-0.15, -0.1) is 0 Å². The van der Waals surface area contributed by atoms with E-state index in [2.05, 4.69) is 6.92 Å². The van der Waals surface area contributed by atoms with Gasteiger partial charge in [0.15, 0.2) is 0 Å². The van der Waals surface area contributed by atoms with Crippen molar-refractivity contribution in [3.8, 4) is 0 Å². The minimum absolute atomic E-state index is 0.0784. The minimum Gasteiger partial charge on any atom is -0.398 e. The molecule has 0 bridgehead atoms. The van der Waals surface area contributed by atoms with E-state index in [9.17, 15) is 4.79 Å². The van der Waals surface area contributed by atoms with Gasteiger partial charge in [0.25, 0.3) is 5.91 Å². The fraction of sp³-hybridized carbons (Fsp3) is 0.500. The molecule has 1 aromatic carbocycles. The van der Waals surface area contributed by atoms with Crippen LogP contribution in [0.4, 0.5) is 5.69 Å². The molecule has 92 valence electrons. The first kappa shape index (κ1) is 12.0. The topological polar surface area (TPSA) is 46.3 Å². The van der Waals surface area contributed by atoms with Crippen LogP contribution in [0.5, 0.6) is 0 Å². The zero-order chi connectivity index (χ0) is 12.4. The average molecular weight is 232 g/mol. The molecule has 1 aromatic rings. The number of carbonyl (C=O) groups is 1. The Bertz CT molecular complexity index is 428. The molecule has 3 nitrogen and oxygen atoms in total. The van der Waals surface area contributed by atoms with Crippen molar-refractivity contribution in [1.29, 1.82) is 0 Å². The Labute approximate surface area is 103 Å². The fourth-order valence-electron chi connectivity index (χ4n) is 2.43. The van der Waals surface area contributed by atoms with Crippen molar-refractivity contribution < 1.29 is 4.79 Å². The number of nitrogens with two attached hydrogens (primary N) is 1. The summed E-state index contributed by atoms with van der Waals surface area (Å²) in [6, 6.07) is 5.98. The average Bonchev–Trinajstić information content (AvgIpc) is 2.29. The molecule has 0 radical (unpaired) electrons. The van der Waals surface area contributed by atoms with Crippen LogP contribution in [0.1, 0.15) is 42.1 Å². The summed E-state index contributed by atoms with van der Waals surface area (Å²) in [5.74, 6) is 0.0784. The number of anilines is 1. The Balaban J connectivity index is 2.24. The van der Waals surface area contributed by atoms with Gasteiger partial charge in [0.05, 0.1) is 5.56 Å². The number of hydrogen-bond acceptors (Lipinski definition) is 2. The first-order valence-electron chi connectivity index (χ1n) is 6.26. The highest BCUT2D eigenvalue weighted by Crippen LogP contribution is 2.22. The number of benzene rings is 1. The third-order valence-corrected chi connectivity index (χ3v) is 3.50. The fourth-order valence-corrected chi connectivity index (χ4v) is 2.43. The van der Waals surface area contributed by atoms with E-state index in [0.717, 1.165) is 24.9 Å². The Morgan fingerprint density at radius 1 is 1.41 bits per heavy atom. The van der Waals surface area contributed by atoms with Crippen molar-refractivity contribution in [2.45, 2.75) is 39.2 Å². The van der Waals surface area contributed by atoms with E-state index in [-0.39, 0.29) is 5.91 Å². The van der Waals surface area contributed by atoms with Crippen molar-refractivity contribution in [1.82, 2.24) is 4.90 Å². The van der Waals surface area contributed by atoms with Gasteiger partial charge in [-0.25, -0.2) is 0 Å². The van der Waals surface area contributed by atoms with E-state index in [1.807, 2.05) is 30.0 Å². The van der Waals surface area contributed by atoms with E-state index in [1.54, 1.807) is 0 Å². The van der Waals surface area contributed by atoms with Crippen LogP contribution in [-0.2, 0) is 0 Å². The van der Waals surface area contributed by atoms with Crippen molar-refractivity contribution >= 4 is 11.6 Å². The van der Waals surface area contributed by atoms with Gasteiger partial charge in [-0.05, 0) is 50.8 Å². The largest absolute Gasteiger partial charge is 0.398 e. The van der Waals surface area contributed by atoms with Crippen LogP contribution in [0.25, 0.3) is 0 Å². The second-order valence-electron chi connectivity index (χ2n) is 4.93. The molecule has 0 spiro atoms. The summed E-state index contributed by atoms with van der Waals surface area (Å²) in [7, 11) is 0. The lowest BCUT2D eigenvalue weighted by molar-refractivity contribution is 0.0637. The van der Waals surface area contributed by atoms with Gasteiger partial charge in [0.2, 0.25) is 0 Å². The van der Waals surface area contributed by atoms with E-state index in [4.69, 9.17) is 5.73 Å². The van der Waals surface area contributed by atoms with E-state index >= 15 is 0 Å². The van der Waals surface area contributed by atoms with Crippen LogP contribution < -0.4 is 5.73 Å². The maximum absolute atomic E-state index is 12.4. The van der Waals surface area contributed by atoms with E-state index in [0.29, 0.717) is 17.3 Å². The standard InChI is InChI=1S/C14H20N2O/c1-10-6-7-12(13(15)9-10)14(17)16-8-4-3-5-11(16)2/h6-7,9,11H,3-5,8,15H2,1-2H3. The van der Waals surface area contributed by atoms with Gasteiger partial charge < -0.3 is 10.6 Å². The molecular formula is C14H20N2O. The normalized spacial score (nSPS) is 20.4. The minimum atomic E-state index is 0.0784. The van der Waals surface area contributed by atoms with Crippen LogP contribution in [0.2, 0.25) is 0 Å². The summed E-state index contributed by atoms with van der Waals surface area (Å²) in [4.78, 5) is 14.3. The second-order valence-corrected chi connectivity index (χ2v) is 4.93. The van der Waals surface area contributed by atoms with Crippen LogP contribution in [0.3, 0.4) is 0 Å². The molecule has 1 amide bonds. The Morgan fingerprint density at radius 3 is 2.82 bits per heavy atom. The molecule has 1 aliphatic rings. The smallest absolute Gasteiger partial charge is 0.256 e. The highest BCUT2D eigenvalue weighted by Gasteiger charge is 2.25. The number of rotatable bonds is 1. The lowest BCUT2D eigenvalue weighted by atomic mass is 10.0. The van der Waals surface area contributed by atoms with Gasteiger partial charge in [-0.2, -0.15) is 0 Å². The molecular weight excluding hydrogens is 212 g/mol. The second kappa shape index (κ2) is 4.78. The molecule has 1 atom stereocenters. The highest BCUT2D eigenvalue weighted by atomic mass is 16.2. The molecule has 2 rings (SSSR count). The molecule has 1 unspecified atom stereocenters. The molecule has 1 saturated heterocycles. The zero-order valence-electron chi connectivity index (χ0n) is 10.6. The predicted octanol–water partition coefficient (Wildman–Crippen LogP) is 2.59. The predicted molar refractivity (Wildman–Crippen MR) is 69.9 cm³/mol. The quantitative estimate of drug-likeness (QED) is 0.756. The molecule has 2 N–H and O–H groups in total. The number of nitrogen functional groups attached to an aromatic ring is 1. The van der Waals surface area contributed by atoms with Gasteiger partial charge in [-0.1, -0.05) is 6.07 Å². The summed E-state index contributed by atoms with van der Waals surface area (Å²) >= 11 is 0. The van der Waals surface area contributed by atoms with Crippen molar-refractivity contribution in [3.05, 3.63) is 29.3 Å². The molecule has 0 aromatic heterocycles. The van der Waals surface area contributed by atoms with E-state index in [1.165, 1.54) is 6.42 Å². The molecule has 1 heterocycles. The zero-order valence-corrected chi connectivity index (χ0v) is 10.6. The van der Waals surface area contributed by atoms with Crippen LogP contribution >= 0.6 is 0 Å². The molecule has 1 aliphatic heterocycles.